The summed E-state index contributed by atoms with van der Waals surface area (Å²) in [7, 11) is 1.48. The highest BCUT2D eigenvalue weighted by atomic mass is 19.1. The van der Waals surface area contributed by atoms with E-state index in [-0.39, 0.29) is 36.9 Å². The zero-order chi connectivity index (χ0) is 20.6. The quantitative estimate of drug-likeness (QED) is 0.854. The number of aryl methyl sites for hydroxylation is 2. The average Bonchev–Trinajstić information content (AvgIpc) is 2.97. The molecular weight excluding hydrogens is 363 g/mol. The van der Waals surface area contributed by atoms with Crippen molar-refractivity contribution >= 4 is 11.6 Å². The van der Waals surface area contributed by atoms with Crippen LogP contribution in [-0.2, 0) is 11.3 Å². The molecule has 0 aliphatic carbocycles. The number of carbonyl (C=O) groups excluding carboxylic acids is 1. The van der Waals surface area contributed by atoms with Crippen LogP contribution >= 0.6 is 0 Å². The Labute approximate surface area is 163 Å². The first kappa shape index (κ1) is 20.1. The van der Waals surface area contributed by atoms with Crippen molar-refractivity contribution in [3.05, 3.63) is 57.3 Å². The number of ether oxygens (including phenoxy) is 1. The largest absolute Gasteiger partial charge is 0.497 e. The monoisotopic (exact) mass is 388 g/mol. The summed E-state index contributed by atoms with van der Waals surface area (Å²) in [6.45, 7) is 5.53. The van der Waals surface area contributed by atoms with Crippen molar-refractivity contribution in [2.45, 2.75) is 45.8 Å². The van der Waals surface area contributed by atoms with Crippen molar-refractivity contribution < 1.29 is 19.0 Å². The highest BCUT2D eigenvalue weighted by Crippen LogP contribution is 2.36. The number of carbonyl (C=O) groups is 1. The number of aromatic nitrogens is 1. The fraction of sp³-hybridized carbons (Fsp3) is 0.429. The van der Waals surface area contributed by atoms with Crippen LogP contribution in [0, 0.1) is 19.7 Å². The average molecular weight is 388 g/mol. The Hall–Kier alpha value is -2.67. The lowest BCUT2D eigenvalue weighted by Crippen LogP contribution is -2.35. The predicted molar refractivity (Wildman–Crippen MR) is 105 cm³/mol. The van der Waals surface area contributed by atoms with E-state index in [1.807, 2.05) is 0 Å². The maximum atomic E-state index is 14.7. The lowest BCUT2D eigenvalue weighted by atomic mass is 9.93. The molecule has 7 heteroatoms. The molecule has 1 unspecified atom stereocenters. The third-order valence-corrected chi connectivity index (χ3v) is 5.15. The number of amides is 1. The minimum atomic E-state index is -0.689. The Kier molecular flexibility index (Phi) is 5.56. The molecule has 0 saturated carbocycles. The minimum absolute atomic E-state index is 0.133. The number of hydrogen-bond acceptors (Lipinski definition) is 4. The van der Waals surface area contributed by atoms with Crippen molar-refractivity contribution in [2.24, 2.45) is 0 Å². The highest BCUT2D eigenvalue weighted by Gasteiger charge is 2.36. The Balaban J connectivity index is 1.98. The van der Waals surface area contributed by atoms with Gasteiger partial charge in [0.2, 0.25) is 5.91 Å². The van der Waals surface area contributed by atoms with Crippen LogP contribution in [0.2, 0.25) is 0 Å². The van der Waals surface area contributed by atoms with Gasteiger partial charge in [0.1, 0.15) is 17.3 Å². The molecule has 2 heterocycles. The summed E-state index contributed by atoms with van der Waals surface area (Å²) in [6, 6.07) is 4.81. The van der Waals surface area contributed by atoms with Crippen LogP contribution in [-0.4, -0.2) is 35.3 Å². The molecule has 28 heavy (non-hydrogen) atoms. The normalized spacial score (nSPS) is 17.9. The van der Waals surface area contributed by atoms with E-state index < -0.39 is 11.9 Å². The van der Waals surface area contributed by atoms with Gasteiger partial charge in [-0.2, -0.15) is 0 Å². The van der Waals surface area contributed by atoms with Crippen molar-refractivity contribution in [1.82, 2.24) is 4.57 Å². The molecule has 0 radical (unpaired) electrons. The number of methoxy groups -OCH3 is 1. The van der Waals surface area contributed by atoms with Gasteiger partial charge in [-0.05, 0) is 49.6 Å². The summed E-state index contributed by atoms with van der Waals surface area (Å²) >= 11 is 0. The van der Waals surface area contributed by atoms with E-state index >= 15 is 0 Å². The second-order valence-corrected chi connectivity index (χ2v) is 7.40. The molecule has 1 aliphatic heterocycles. The van der Waals surface area contributed by atoms with Gasteiger partial charge < -0.3 is 19.3 Å². The van der Waals surface area contributed by atoms with Crippen molar-refractivity contribution in [1.29, 1.82) is 0 Å². The standard InChI is InChI=1S/C21H25FN2O4/c1-12-5-6-23(10-14(3)25)21(27)20(12)24-11-15(8-18(24)26)19-13(2)7-16(28-4)9-17(19)22/h5-7,9,14-15,25H,8,10-11H2,1-4H3/t14?,15-/m0/s1. The summed E-state index contributed by atoms with van der Waals surface area (Å²) < 4.78 is 21.2. The van der Waals surface area contributed by atoms with Gasteiger partial charge in [0.15, 0.2) is 0 Å². The molecule has 1 aromatic heterocycles. The van der Waals surface area contributed by atoms with Gasteiger partial charge in [0, 0.05) is 31.1 Å². The molecule has 2 atom stereocenters. The van der Waals surface area contributed by atoms with Crippen LogP contribution in [0.15, 0.2) is 29.2 Å². The highest BCUT2D eigenvalue weighted by molar-refractivity contribution is 5.97. The predicted octanol–water partition coefficient (Wildman–Crippen LogP) is 2.51. The maximum Gasteiger partial charge on any atom is 0.274 e. The molecule has 1 saturated heterocycles. The molecule has 0 bridgehead atoms. The van der Waals surface area contributed by atoms with Crippen LogP contribution in [0.25, 0.3) is 0 Å². The Morgan fingerprint density at radius 1 is 1.29 bits per heavy atom. The summed E-state index contributed by atoms with van der Waals surface area (Å²) in [5, 5.41) is 9.61. The molecule has 1 aliphatic rings. The number of nitrogens with zero attached hydrogens (tertiary/aromatic N) is 2. The Bertz CT molecular complexity index is 944. The first-order valence-electron chi connectivity index (χ1n) is 9.25. The van der Waals surface area contributed by atoms with Crippen LogP contribution in [0.4, 0.5) is 10.1 Å². The molecule has 1 aromatic carbocycles. The second-order valence-electron chi connectivity index (χ2n) is 7.40. The van der Waals surface area contributed by atoms with E-state index in [2.05, 4.69) is 0 Å². The summed E-state index contributed by atoms with van der Waals surface area (Å²) in [5.74, 6) is -0.537. The zero-order valence-electron chi connectivity index (χ0n) is 16.5. The van der Waals surface area contributed by atoms with Crippen molar-refractivity contribution in [2.75, 3.05) is 18.6 Å². The van der Waals surface area contributed by atoms with E-state index in [1.54, 1.807) is 39.1 Å². The molecule has 0 spiro atoms. The van der Waals surface area contributed by atoms with E-state index in [1.165, 1.54) is 22.6 Å². The molecular formula is C21H25FN2O4. The van der Waals surface area contributed by atoms with Crippen molar-refractivity contribution in [3.63, 3.8) is 0 Å². The Morgan fingerprint density at radius 2 is 2.00 bits per heavy atom. The second kappa shape index (κ2) is 7.75. The summed E-state index contributed by atoms with van der Waals surface area (Å²) in [6.07, 6.45) is 1.05. The third-order valence-electron chi connectivity index (χ3n) is 5.15. The number of halogens is 1. The fourth-order valence-corrected chi connectivity index (χ4v) is 3.89. The molecule has 1 N–H and O–H groups in total. The molecule has 3 rings (SSSR count). The van der Waals surface area contributed by atoms with Crippen LogP contribution in [0.1, 0.15) is 36.0 Å². The van der Waals surface area contributed by atoms with Crippen molar-refractivity contribution in [3.8, 4) is 5.75 Å². The van der Waals surface area contributed by atoms with Crippen LogP contribution in [0.5, 0.6) is 5.75 Å². The van der Waals surface area contributed by atoms with Gasteiger partial charge in [-0.1, -0.05) is 0 Å². The summed E-state index contributed by atoms with van der Waals surface area (Å²) in [4.78, 5) is 27.1. The fourth-order valence-electron chi connectivity index (χ4n) is 3.89. The molecule has 6 nitrogen and oxygen atoms in total. The van der Waals surface area contributed by atoms with E-state index in [0.717, 1.165) is 0 Å². The number of aliphatic hydroxyl groups excluding tert-OH is 1. The lowest BCUT2D eigenvalue weighted by Gasteiger charge is -2.21. The Morgan fingerprint density at radius 3 is 2.61 bits per heavy atom. The van der Waals surface area contributed by atoms with Gasteiger partial charge in [-0.15, -0.1) is 0 Å². The van der Waals surface area contributed by atoms with Gasteiger partial charge in [-0.3, -0.25) is 9.59 Å². The topological polar surface area (TPSA) is 71.8 Å². The number of rotatable bonds is 5. The number of aliphatic hydroxyl groups is 1. The minimum Gasteiger partial charge on any atom is -0.497 e. The number of pyridine rings is 1. The van der Waals surface area contributed by atoms with E-state index in [0.29, 0.717) is 28.1 Å². The lowest BCUT2D eigenvalue weighted by molar-refractivity contribution is -0.117. The van der Waals surface area contributed by atoms with Gasteiger partial charge in [0.25, 0.3) is 5.56 Å². The van der Waals surface area contributed by atoms with Gasteiger partial charge >= 0.3 is 0 Å². The van der Waals surface area contributed by atoms with Crippen LogP contribution < -0.4 is 15.2 Å². The molecule has 150 valence electrons. The number of hydrogen-bond donors (Lipinski definition) is 1. The zero-order valence-corrected chi connectivity index (χ0v) is 16.5. The third kappa shape index (κ3) is 3.67. The smallest absolute Gasteiger partial charge is 0.274 e. The number of benzene rings is 1. The molecule has 2 aromatic rings. The van der Waals surface area contributed by atoms with Gasteiger partial charge in [-0.25, -0.2) is 4.39 Å². The van der Waals surface area contributed by atoms with E-state index in [9.17, 15) is 19.1 Å². The van der Waals surface area contributed by atoms with Gasteiger partial charge in [0.05, 0.1) is 19.8 Å². The van der Waals surface area contributed by atoms with E-state index in [4.69, 9.17) is 4.74 Å². The van der Waals surface area contributed by atoms with Crippen LogP contribution in [0.3, 0.4) is 0 Å². The first-order chi connectivity index (χ1) is 13.2. The SMILES string of the molecule is COc1cc(C)c([C@H]2CC(=O)N(c3c(C)ccn(CC(C)O)c3=O)C2)c(F)c1. The molecule has 1 amide bonds. The number of anilines is 1. The maximum absolute atomic E-state index is 14.7. The molecule has 1 fully saturated rings. The summed E-state index contributed by atoms with van der Waals surface area (Å²) in [5.41, 5.74) is 1.83. The first-order valence-corrected chi connectivity index (χ1v) is 9.25.